The molecule has 0 bridgehead atoms. The predicted molar refractivity (Wildman–Crippen MR) is 122 cm³/mol. The molecule has 32 heavy (non-hydrogen) atoms. The minimum Gasteiger partial charge on any atom is -0.497 e. The Morgan fingerprint density at radius 2 is 1.75 bits per heavy atom. The van der Waals surface area contributed by atoms with Crippen LogP contribution >= 0.6 is 0 Å². The van der Waals surface area contributed by atoms with E-state index in [1.54, 1.807) is 7.11 Å². The van der Waals surface area contributed by atoms with Crippen LogP contribution in [-0.2, 0) is 4.74 Å². The van der Waals surface area contributed by atoms with Crippen molar-refractivity contribution in [2.45, 2.75) is 6.92 Å². The second-order valence-electron chi connectivity index (χ2n) is 7.72. The Kier molecular flexibility index (Phi) is 5.33. The van der Waals surface area contributed by atoms with Gasteiger partial charge in [0.25, 0.3) is 5.91 Å². The van der Waals surface area contributed by atoms with E-state index in [1.807, 2.05) is 77.2 Å². The van der Waals surface area contributed by atoms with Gasteiger partial charge in [0.2, 0.25) is 0 Å². The van der Waals surface area contributed by atoms with E-state index in [2.05, 4.69) is 0 Å². The molecule has 0 N–H and O–H groups in total. The molecule has 1 aliphatic rings. The van der Waals surface area contributed by atoms with Gasteiger partial charge in [-0.1, -0.05) is 18.2 Å². The molecule has 0 saturated carbocycles. The minimum absolute atomic E-state index is 0.0221. The van der Waals surface area contributed by atoms with E-state index in [9.17, 15) is 4.79 Å². The number of carbonyl (C=O) groups is 1. The van der Waals surface area contributed by atoms with E-state index in [-0.39, 0.29) is 5.91 Å². The SMILES string of the molecule is COc1ccc(-c2cc(C(=O)N3CCOCC3)c3c(C)nn(-c4ccccc4)c3n2)cc1. The van der Waals surface area contributed by atoms with E-state index >= 15 is 0 Å². The Bertz CT molecular complexity index is 1260. The summed E-state index contributed by atoms with van der Waals surface area (Å²) in [5.74, 6) is 0.746. The molecule has 2 aromatic carbocycles. The molecular formula is C25H24N4O3. The quantitative estimate of drug-likeness (QED) is 0.493. The third-order valence-electron chi connectivity index (χ3n) is 5.73. The van der Waals surface area contributed by atoms with Crippen LogP contribution in [0, 0.1) is 6.92 Å². The van der Waals surface area contributed by atoms with Gasteiger partial charge in [-0.15, -0.1) is 0 Å². The Hall–Kier alpha value is -3.71. The summed E-state index contributed by atoms with van der Waals surface area (Å²) in [6.07, 6.45) is 0. The number of rotatable bonds is 4. The molecule has 0 spiro atoms. The zero-order chi connectivity index (χ0) is 22.1. The molecule has 1 fully saturated rings. The highest BCUT2D eigenvalue weighted by Gasteiger charge is 2.25. The van der Waals surface area contributed by atoms with Crippen molar-refractivity contribution < 1.29 is 14.3 Å². The van der Waals surface area contributed by atoms with Crippen LogP contribution < -0.4 is 4.74 Å². The highest BCUT2D eigenvalue weighted by molar-refractivity contribution is 6.07. The second kappa shape index (κ2) is 8.43. The van der Waals surface area contributed by atoms with Crippen LogP contribution in [0.15, 0.2) is 60.7 Å². The first kappa shape index (κ1) is 20.2. The van der Waals surface area contributed by atoms with Gasteiger partial charge in [0.15, 0.2) is 5.65 Å². The molecule has 0 aliphatic carbocycles. The number of hydrogen-bond acceptors (Lipinski definition) is 5. The number of pyridine rings is 1. The van der Waals surface area contributed by atoms with Crippen molar-refractivity contribution in [2.24, 2.45) is 0 Å². The van der Waals surface area contributed by atoms with Crippen LogP contribution in [-0.4, -0.2) is 59.0 Å². The summed E-state index contributed by atoms with van der Waals surface area (Å²) >= 11 is 0. The monoisotopic (exact) mass is 428 g/mol. The number of nitrogens with zero attached hydrogens (tertiary/aromatic N) is 4. The van der Waals surface area contributed by atoms with E-state index in [4.69, 9.17) is 19.6 Å². The minimum atomic E-state index is -0.0221. The van der Waals surface area contributed by atoms with E-state index in [0.29, 0.717) is 43.2 Å². The second-order valence-corrected chi connectivity index (χ2v) is 7.72. The van der Waals surface area contributed by atoms with Crippen LogP contribution in [0.4, 0.5) is 0 Å². The van der Waals surface area contributed by atoms with Crippen LogP contribution in [0.3, 0.4) is 0 Å². The molecule has 162 valence electrons. The van der Waals surface area contributed by atoms with Gasteiger partial charge in [-0.3, -0.25) is 4.79 Å². The van der Waals surface area contributed by atoms with Gasteiger partial charge in [0.1, 0.15) is 5.75 Å². The number of carbonyl (C=O) groups excluding carboxylic acids is 1. The summed E-state index contributed by atoms with van der Waals surface area (Å²) in [6, 6.07) is 19.4. The van der Waals surface area contributed by atoms with Crippen molar-refractivity contribution in [1.29, 1.82) is 0 Å². The third kappa shape index (κ3) is 3.61. The number of methoxy groups -OCH3 is 1. The molecule has 4 aromatic rings. The fraction of sp³-hybridized carbons (Fsp3) is 0.240. The van der Waals surface area contributed by atoms with Crippen molar-refractivity contribution in [3.63, 3.8) is 0 Å². The first-order chi connectivity index (χ1) is 15.7. The molecule has 0 radical (unpaired) electrons. The Morgan fingerprint density at radius 1 is 1.03 bits per heavy atom. The van der Waals surface area contributed by atoms with Crippen LogP contribution in [0.25, 0.3) is 28.0 Å². The summed E-state index contributed by atoms with van der Waals surface area (Å²) in [5, 5.41) is 5.53. The molecule has 5 rings (SSSR count). The smallest absolute Gasteiger partial charge is 0.254 e. The average molecular weight is 428 g/mol. The summed E-state index contributed by atoms with van der Waals surface area (Å²) in [5.41, 5.74) is 4.57. The fourth-order valence-electron chi connectivity index (χ4n) is 4.05. The number of para-hydroxylation sites is 1. The standard InChI is InChI=1S/C25H24N4O3/c1-17-23-21(25(30)28-12-14-32-15-13-28)16-22(18-8-10-20(31-2)11-9-18)26-24(23)29(27-17)19-6-4-3-5-7-19/h3-11,16H,12-15H2,1-2H3. The highest BCUT2D eigenvalue weighted by atomic mass is 16.5. The lowest BCUT2D eigenvalue weighted by molar-refractivity contribution is 0.0304. The Morgan fingerprint density at radius 3 is 2.44 bits per heavy atom. The maximum atomic E-state index is 13.6. The number of aromatic nitrogens is 3. The lowest BCUT2D eigenvalue weighted by Crippen LogP contribution is -2.40. The molecule has 7 heteroatoms. The Balaban J connectivity index is 1.72. The van der Waals surface area contributed by atoms with Crippen molar-refractivity contribution in [3.05, 3.63) is 71.9 Å². The average Bonchev–Trinajstić information content (AvgIpc) is 3.20. The molecule has 1 saturated heterocycles. The number of morpholine rings is 1. The molecule has 0 unspecified atom stereocenters. The normalized spacial score (nSPS) is 14.0. The van der Waals surface area contributed by atoms with Gasteiger partial charge >= 0.3 is 0 Å². The van der Waals surface area contributed by atoms with E-state index < -0.39 is 0 Å². The topological polar surface area (TPSA) is 69.5 Å². The van der Waals surface area contributed by atoms with Crippen molar-refractivity contribution in [2.75, 3.05) is 33.4 Å². The Labute approximate surface area is 186 Å². The third-order valence-corrected chi connectivity index (χ3v) is 5.73. The highest BCUT2D eigenvalue weighted by Crippen LogP contribution is 2.30. The first-order valence-corrected chi connectivity index (χ1v) is 10.6. The zero-order valence-corrected chi connectivity index (χ0v) is 18.1. The van der Waals surface area contributed by atoms with Gasteiger partial charge in [-0.25, -0.2) is 9.67 Å². The lowest BCUT2D eigenvalue weighted by atomic mass is 10.0. The fourth-order valence-corrected chi connectivity index (χ4v) is 4.05. The molecule has 1 aliphatic heterocycles. The summed E-state index contributed by atoms with van der Waals surface area (Å²) in [6.45, 7) is 4.17. The van der Waals surface area contributed by atoms with Crippen molar-refractivity contribution >= 4 is 16.9 Å². The largest absolute Gasteiger partial charge is 0.497 e. The van der Waals surface area contributed by atoms with Gasteiger partial charge < -0.3 is 14.4 Å². The molecule has 1 amide bonds. The summed E-state index contributed by atoms with van der Waals surface area (Å²) < 4.78 is 12.5. The first-order valence-electron chi connectivity index (χ1n) is 10.6. The zero-order valence-electron chi connectivity index (χ0n) is 18.1. The maximum Gasteiger partial charge on any atom is 0.254 e. The van der Waals surface area contributed by atoms with Gasteiger partial charge in [0.05, 0.1) is 48.3 Å². The van der Waals surface area contributed by atoms with Gasteiger partial charge in [-0.05, 0) is 49.4 Å². The molecular weight excluding hydrogens is 404 g/mol. The van der Waals surface area contributed by atoms with Gasteiger partial charge in [0, 0.05) is 18.7 Å². The maximum absolute atomic E-state index is 13.6. The molecule has 2 aromatic heterocycles. The summed E-state index contributed by atoms with van der Waals surface area (Å²) in [7, 11) is 1.64. The van der Waals surface area contributed by atoms with Gasteiger partial charge in [-0.2, -0.15) is 5.10 Å². The van der Waals surface area contributed by atoms with E-state index in [1.165, 1.54) is 0 Å². The van der Waals surface area contributed by atoms with Crippen LogP contribution in [0.2, 0.25) is 0 Å². The lowest BCUT2D eigenvalue weighted by Gasteiger charge is -2.27. The number of fused-ring (bicyclic) bond motifs is 1. The number of ether oxygens (including phenoxy) is 2. The predicted octanol–water partition coefficient (Wildman–Crippen LogP) is 3.88. The summed E-state index contributed by atoms with van der Waals surface area (Å²) in [4.78, 5) is 20.4. The molecule has 3 heterocycles. The number of aryl methyl sites for hydroxylation is 1. The number of amides is 1. The van der Waals surface area contributed by atoms with E-state index in [0.717, 1.165) is 28.1 Å². The van der Waals surface area contributed by atoms with Crippen LogP contribution in [0.5, 0.6) is 5.75 Å². The molecule has 0 atom stereocenters. The number of benzene rings is 2. The van der Waals surface area contributed by atoms with Crippen molar-refractivity contribution in [3.8, 4) is 22.7 Å². The number of hydrogen-bond donors (Lipinski definition) is 0. The molecule has 7 nitrogen and oxygen atoms in total. The van der Waals surface area contributed by atoms with Crippen LogP contribution in [0.1, 0.15) is 16.1 Å². The van der Waals surface area contributed by atoms with Crippen molar-refractivity contribution in [1.82, 2.24) is 19.7 Å².